The smallest absolute Gasteiger partial charge is 0.184 e. The average molecular weight is 253 g/mol. The van der Waals surface area contributed by atoms with E-state index in [2.05, 4.69) is 24.3 Å². The zero-order valence-electron chi connectivity index (χ0n) is 11.7. The number of carbonyl (C=O) groups is 1. The van der Waals surface area contributed by atoms with Crippen LogP contribution in [0, 0.1) is 0 Å². The lowest BCUT2D eigenvalue weighted by Gasteiger charge is -2.08. The number of rotatable bonds is 8. The fourth-order valence-electron chi connectivity index (χ4n) is 1.80. The topological polar surface area (TPSA) is 56.2 Å². The lowest BCUT2D eigenvalue weighted by atomic mass is 10.1. The summed E-state index contributed by atoms with van der Waals surface area (Å²) < 4.78 is 6.87. The van der Waals surface area contributed by atoms with Crippen LogP contribution in [0.1, 0.15) is 44.1 Å². The van der Waals surface area contributed by atoms with Gasteiger partial charge in [0.2, 0.25) is 0 Å². The van der Waals surface area contributed by atoms with Crippen molar-refractivity contribution in [2.75, 3.05) is 13.7 Å². The van der Waals surface area contributed by atoms with E-state index in [0.29, 0.717) is 30.5 Å². The van der Waals surface area contributed by atoms with Crippen LogP contribution in [-0.2, 0) is 6.54 Å². The molecule has 1 heterocycles. The highest BCUT2D eigenvalue weighted by Crippen LogP contribution is 2.19. The Morgan fingerprint density at radius 2 is 2.28 bits per heavy atom. The van der Waals surface area contributed by atoms with Crippen molar-refractivity contribution in [1.29, 1.82) is 0 Å². The third-order valence-electron chi connectivity index (χ3n) is 2.72. The molecule has 0 aliphatic carbocycles. The fraction of sp³-hybridized carbons (Fsp3) is 0.692. The second-order valence-corrected chi connectivity index (χ2v) is 4.51. The first-order valence-corrected chi connectivity index (χ1v) is 6.46. The van der Waals surface area contributed by atoms with Crippen molar-refractivity contribution in [3.8, 4) is 5.75 Å². The van der Waals surface area contributed by atoms with Gasteiger partial charge < -0.3 is 10.1 Å². The molecular weight excluding hydrogens is 230 g/mol. The number of aryl methyl sites for hydroxylation is 1. The number of Topliss-reactive ketones (excluding diaryl/α,β-unsaturated/α-hetero) is 1. The Bertz CT molecular complexity index is 364. The third-order valence-corrected chi connectivity index (χ3v) is 2.72. The molecule has 5 heteroatoms. The molecule has 0 spiro atoms. The van der Waals surface area contributed by atoms with Gasteiger partial charge in [0.15, 0.2) is 11.5 Å². The number of hydrogen-bond acceptors (Lipinski definition) is 4. The van der Waals surface area contributed by atoms with Crippen molar-refractivity contribution < 1.29 is 9.53 Å². The van der Waals surface area contributed by atoms with Crippen molar-refractivity contribution >= 4 is 5.78 Å². The number of ether oxygens (including phenoxy) is 1. The first-order valence-electron chi connectivity index (χ1n) is 6.46. The summed E-state index contributed by atoms with van der Waals surface area (Å²) in [6.07, 6.45) is 2.94. The predicted octanol–water partition coefficient (Wildman–Crippen LogP) is 1.87. The minimum atomic E-state index is 0.0942. The number of methoxy groups -OCH3 is 1. The minimum absolute atomic E-state index is 0.0942. The van der Waals surface area contributed by atoms with E-state index in [1.54, 1.807) is 18.0 Å². The van der Waals surface area contributed by atoms with Crippen molar-refractivity contribution in [3.63, 3.8) is 0 Å². The van der Waals surface area contributed by atoms with Gasteiger partial charge in [-0.2, -0.15) is 5.10 Å². The SMILES string of the molecule is CCn1ncc(OC)c1C(=O)CCCNC(C)C. The molecule has 0 unspecified atom stereocenters. The maximum absolute atomic E-state index is 12.1. The van der Waals surface area contributed by atoms with E-state index in [-0.39, 0.29) is 5.78 Å². The van der Waals surface area contributed by atoms with Crippen LogP contribution in [0.25, 0.3) is 0 Å². The molecule has 0 aliphatic heterocycles. The molecule has 0 atom stereocenters. The van der Waals surface area contributed by atoms with Gasteiger partial charge in [-0.05, 0) is 19.9 Å². The molecule has 1 aromatic heterocycles. The summed E-state index contributed by atoms with van der Waals surface area (Å²) in [6, 6.07) is 0.454. The summed E-state index contributed by atoms with van der Waals surface area (Å²) in [5.41, 5.74) is 0.588. The van der Waals surface area contributed by atoms with Crippen LogP contribution in [0.4, 0.5) is 0 Å². The van der Waals surface area contributed by atoms with Crippen LogP contribution < -0.4 is 10.1 Å². The molecule has 0 saturated heterocycles. The second kappa shape index (κ2) is 7.16. The summed E-state index contributed by atoms with van der Waals surface area (Å²) in [7, 11) is 1.56. The molecule has 0 aromatic carbocycles. The second-order valence-electron chi connectivity index (χ2n) is 4.51. The molecule has 1 N–H and O–H groups in total. The van der Waals surface area contributed by atoms with E-state index in [1.165, 1.54) is 0 Å². The molecule has 1 aromatic rings. The Morgan fingerprint density at radius 1 is 1.56 bits per heavy atom. The number of ketones is 1. The normalized spacial score (nSPS) is 10.9. The van der Waals surface area contributed by atoms with Crippen LogP contribution in [-0.4, -0.2) is 35.3 Å². The summed E-state index contributed by atoms with van der Waals surface area (Å²) in [4.78, 5) is 12.1. The number of hydrogen-bond donors (Lipinski definition) is 1. The third kappa shape index (κ3) is 3.84. The summed E-state index contributed by atoms with van der Waals surface area (Å²) in [5, 5.41) is 7.44. The van der Waals surface area contributed by atoms with Gasteiger partial charge in [0.25, 0.3) is 0 Å². The van der Waals surface area contributed by atoms with Crippen LogP contribution >= 0.6 is 0 Å². The Labute approximate surface area is 109 Å². The first kappa shape index (κ1) is 14.7. The summed E-state index contributed by atoms with van der Waals surface area (Å²) >= 11 is 0. The van der Waals surface area contributed by atoms with E-state index in [9.17, 15) is 4.79 Å². The Balaban J connectivity index is 2.57. The van der Waals surface area contributed by atoms with Crippen LogP contribution in [0.15, 0.2) is 6.20 Å². The number of nitrogens with zero attached hydrogens (tertiary/aromatic N) is 2. The molecule has 0 aliphatic rings. The lowest BCUT2D eigenvalue weighted by Crippen LogP contribution is -2.24. The van der Waals surface area contributed by atoms with Gasteiger partial charge in [0.1, 0.15) is 5.69 Å². The van der Waals surface area contributed by atoms with Crippen LogP contribution in [0.5, 0.6) is 5.75 Å². The quantitative estimate of drug-likeness (QED) is 0.567. The fourth-order valence-corrected chi connectivity index (χ4v) is 1.80. The first-order chi connectivity index (χ1) is 8.60. The van der Waals surface area contributed by atoms with E-state index < -0.39 is 0 Å². The Hall–Kier alpha value is -1.36. The maximum Gasteiger partial charge on any atom is 0.184 e. The molecule has 0 bridgehead atoms. The molecular formula is C13H23N3O2. The van der Waals surface area contributed by atoms with Crippen LogP contribution in [0.3, 0.4) is 0 Å². The highest BCUT2D eigenvalue weighted by Gasteiger charge is 2.17. The number of nitrogens with one attached hydrogen (secondary N) is 1. The summed E-state index contributed by atoms with van der Waals surface area (Å²) in [6.45, 7) is 7.68. The molecule has 0 saturated carbocycles. The van der Waals surface area contributed by atoms with Crippen molar-refractivity contribution in [2.45, 2.75) is 46.2 Å². The van der Waals surface area contributed by atoms with E-state index >= 15 is 0 Å². The van der Waals surface area contributed by atoms with Gasteiger partial charge in [-0.25, -0.2) is 0 Å². The van der Waals surface area contributed by atoms with Crippen molar-refractivity contribution in [1.82, 2.24) is 15.1 Å². The molecule has 1 rings (SSSR count). The molecule has 18 heavy (non-hydrogen) atoms. The highest BCUT2D eigenvalue weighted by molar-refractivity contribution is 5.96. The van der Waals surface area contributed by atoms with Gasteiger partial charge in [0, 0.05) is 19.0 Å². The van der Waals surface area contributed by atoms with Gasteiger partial charge in [-0.1, -0.05) is 13.8 Å². The standard InChI is InChI=1S/C13H23N3O2/c1-5-16-13(12(18-4)9-15-16)11(17)7-6-8-14-10(2)3/h9-10,14H,5-8H2,1-4H3. The molecule has 0 fully saturated rings. The number of carbonyl (C=O) groups excluding carboxylic acids is 1. The van der Waals surface area contributed by atoms with E-state index in [1.807, 2.05) is 6.92 Å². The Kier molecular flexibility index (Phi) is 5.85. The zero-order chi connectivity index (χ0) is 13.5. The predicted molar refractivity (Wildman–Crippen MR) is 71.2 cm³/mol. The van der Waals surface area contributed by atoms with Gasteiger partial charge in [-0.3, -0.25) is 9.48 Å². The van der Waals surface area contributed by atoms with Gasteiger partial charge in [-0.15, -0.1) is 0 Å². The molecule has 0 radical (unpaired) electrons. The molecule has 0 amide bonds. The number of aromatic nitrogens is 2. The van der Waals surface area contributed by atoms with E-state index in [4.69, 9.17) is 4.74 Å². The largest absolute Gasteiger partial charge is 0.493 e. The summed E-state index contributed by atoms with van der Waals surface area (Å²) in [5.74, 6) is 0.662. The van der Waals surface area contributed by atoms with Crippen molar-refractivity contribution in [3.05, 3.63) is 11.9 Å². The molecule has 102 valence electrons. The monoisotopic (exact) mass is 253 g/mol. The minimum Gasteiger partial charge on any atom is -0.493 e. The Morgan fingerprint density at radius 3 is 2.83 bits per heavy atom. The highest BCUT2D eigenvalue weighted by atomic mass is 16.5. The lowest BCUT2D eigenvalue weighted by molar-refractivity contribution is 0.0966. The molecule has 5 nitrogen and oxygen atoms in total. The van der Waals surface area contributed by atoms with E-state index in [0.717, 1.165) is 13.0 Å². The van der Waals surface area contributed by atoms with Crippen molar-refractivity contribution in [2.24, 2.45) is 0 Å². The zero-order valence-corrected chi connectivity index (χ0v) is 11.7. The van der Waals surface area contributed by atoms with Gasteiger partial charge in [0.05, 0.1) is 13.3 Å². The van der Waals surface area contributed by atoms with Gasteiger partial charge >= 0.3 is 0 Å². The average Bonchev–Trinajstić information content (AvgIpc) is 2.76. The maximum atomic E-state index is 12.1. The van der Waals surface area contributed by atoms with Crippen LogP contribution in [0.2, 0.25) is 0 Å².